The molecule has 1 amide bonds. The van der Waals surface area contributed by atoms with E-state index < -0.39 is 0 Å². The van der Waals surface area contributed by atoms with Gasteiger partial charge in [-0.2, -0.15) is 0 Å². The maximum absolute atomic E-state index is 11.8. The molecular formula is C13H15N3O2S. The second-order valence-corrected chi connectivity index (χ2v) is 5.81. The largest absolute Gasteiger partial charge is 0.363 e. The zero-order chi connectivity index (χ0) is 13.3. The standard InChI is InChI=1S/C13H15N3O2S/c1-13(6-14-7-13)18-5-12(17)16-9-2-3-10-11(4-9)19-8-15-10/h2-4,8,14H,5-7H2,1H3,(H,16,17). The molecule has 0 unspecified atom stereocenters. The maximum atomic E-state index is 11.8. The van der Waals surface area contributed by atoms with Crippen LogP contribution in [0.3, 0.4) is 0 Å². The van der Waals surface area contributed by atoms with Crippen molar-refractivity contribution in [2.45, 2.75) is 12.5 Å². The number of thiazole rings is 1. The number of hydrogen-bond acceptors (Lipinski definition) is 5. The highest BCUT2D eigenvalue weighted by atomic mass is 32.1. The fourth-order valence-electron chi connectivity index (χ4n) is 1.95. The van der Waals surface area contributed by atoms with Crippen molar-refractivity contribution in [3.05, 3.63) is 23.7 Å². The van der Waals surface area contributed by atoms with Crippen LogP contribution in [0.1, 0.15) is 6.92 Å². The summed E-state index contributed by atoms with van der Waals surface area (Å²) in [6.07, 6.45) is 0. The molecule has 0 aliphatic carbocycles. The predicted molar refractivity (Wildman–Crippen MR) is 75.5 cm³/mol. The van der Waals surface area contributed by atoms with Crippen molar-refractivity contribution in [2.24, 2.45) is 0 Å². The molecule has 2 N–H and O–H groups in total. The summed E-state index contributed by atoms with van der Waals surface area (Å²) in [6.45, 7) is 3.68. The first kappa shape index (κ1) is 12.5. The molecule has 0 saturated carbocycles. The molecule has 0 spiro atoms. The Hall–Kier alpha value is -1.50. The minimum atomic E-state index is -0.195. The molecule has 0 atom stereocenters. The molecule has 3 rings (SSSR count). The average Bonchev–Trinajstić information content (AvgIpc) is 2.81. The number of nitrogens with zero attached hydrogens (tertiary/aromatic N) is 1. The number of aromatic nitrogens is 1. The SMILES string of the molecule is CC1(OCC(=O)Nc2ccc3ncsc3c2)CNC1. The van der Waals surface area contributed by atoms with E-state index in [0.717, 1.165) is 29.0 Å². The normalized spacial score (nSPS) is 17.1. The number of rotatable bonds is 4. The van der Waals surface area contributed by atoms with Crippen molar-refractivity contribution in [1.29, 1.82) is 0 Å². The molecule has 100 valence electrons. The lowest BCUT2D eigenvalue weighted by molar-refractivity contribution is -0.130. The van der Waals surface area contributed by atoms with Crippen molar-refractivity contribution in [1.82, 2.24) is 10.3 Å². The highest BCUT2D eigenvalue weighted by Crippen LogP contribution is 2.22. The number of amides is 1. The molecule has 2 heterocycles. The van der Waals surface area contributed by atoms with E-state index in [0.29, 0.717) is 0 Å². The molecule has 5 nitrogen and oxygen atoms in total. The number of fused-ring (bicyclic) bond motifs is 1. The van der Waals surface area contributed by atoms with Gasteiger partial charge >= 0.3 is 0 Å². The quantitative estimate of drug-likeness (QED) is 0.891. The molecule has 0 radical (unpaired) electrons. The summed E-state index contributed by atoms with van der Waals surface area (Å²) in [5.41, 5.74) is 3.33. The highest BCUT2D eigenvalue weighted by Gasteiger charge is 2.32. The van der Waals surface area contributed by atoms with E-state index in [9.17, 15) is 4.79 Å². The van der Waals surface area contributed by atoms with Crippen LogP contribution in [0.4, 0.5) is 5.69 Å². The van der Waals surface area contributed by atoms with Gasteiger partial charge in [0.25, 0.3) is 0 Å². The lowest BCUT2D eigenvalue weighted by Crippen LogP contribution is -2.59. The number of carbonyl (C=O) groups excluding carboxylic acids is 1. The Kier molecular flexibility index (Phi) is 3.22. The molecule has 1 aliphatic heterocycles. The molecule has 19 heavy (non-hydrogen) atoms. The molecule has 1 aromatic carbocycles. The zero-order valence-corrected chi connectivity index (χ0v) is 11.4. The Morgan fingerprint density at radius 2 is 2.42 bits per heavy atom. The summed E-state index contributed by atoms with van der Waals surface area (Å²) in [6, 6.07) is 5.68. The highest BCUT2D eigenvalue weighted by molar-refractivity contribution is 7.16. The van der Waals surface area contributed by atoms with Gasteiger partial charge in [-0.1, -0.05) is 0 Å². The molecule has 2 aromatic rings. The van der Waals surface area contributed by atoms with Gasteiger partial charge in [-0.25, -0.2) is 4.98 Å². The van der Waals surface area contributed by atoms with Crippen molar-refractivity contribution in [2.75, 3.05) is 25.0 Å². The van der Waals surface area contributed by atoms with E-state index in [-0.39, 0.29) is 18.1 Å². The third-order valence-corrected chi connectivity index (χ3v) is 3.96. The summed E-state index contributed by atoms with van der Waals surface area (Å²) in [4.78, 5) is 16.0. The van der Waals surface area contributed by atoms with Gasteiger partial charge in [0.1, 0.15) is 6.61 Å². The van der Waals surface area contributed by atoms with Gasteiger partial charge in [0, 0.05) is 18.8 Å². The van der Waals surface area contributed by atoms with Crippen molar-refractivity contribution < 1.29 is 9.53 Å². The third kappa shape index (κ3) is 2.75. The number of nitrogens with one attached hydrogen (secondary N) is 2. The summed E-state index contributed by atoms with van der Waals surface area (Å²) < 4.78 is 6.65. The Balaban J connectivity index is 1.59. The number of ether oxygens (including phenoxy) is 1. The second kappa shape index (κ2) is 4.88. The van der Waals surface area contributed by atoms with E-state index in [1.807, 2.05) is 25.1 Å². The molecular weight excluding hydrogens is 262 g/mol. The van der Waals surface area contributed by atoms with Crippen LogP contribution < -0.4 is 10.6 Å². The van der Waals surface area contributed by atoms with Gasteiger partial charge in [0.15, 0.2) is 0 Å². The maximum Gasteiger partial charge on any atom is 0.250 e. The van der Waals surface area contributed by atoms with Crippen molar-refractivity contribution in [3.63, 3.8) is 0 Å². The van der Waals surface area contributed by atoms with Gasteiger partial charge in [0.05, 0.1) is 21.3 Å². The van der Waals surface area contributed by atoms with Gasteiger partial charge in [-0.05, 0) is 25.1 Å². The monoisotopic (exact) mass is 277 g/mol. The van der Waals surface area contributed by atoms with Crippen LogP contribution in [0, 0.1) is 0 Å². The van der Waals surface area contributed by atoms with E-state index in [2.05, 4.69) is 15.6 Å². The molecule has 1 aromatic heterocycles. The van der Waals surface area contributed by atoms with Gasteiger partial charge in [-0.3, -0.25) is 4.79 Å². The predicted octanol–water partition coefficient (Wildman–Crippen LogP) is 1.61. The summed E-state index contributed by atoms with van der Waals surface area (Å²) >= 11 is 1.56. The smallest absolute Gasteiger partial charge is 0.250 e. The van der Waals surface area contributed by atoms with E-state index in [4.69, 9.17) is 4.74 Å². The first-order chi connectivity index (χ1) is 9.15. The van der Waals surface area contributed by atoms with E-state index in [1.165, 1.54) is 0 Å². The first-order valence-corrected chi connectivity index (χ1v) is 7.00. The number of benzene rings is 1. The van der Waals surface area contributed by atoms with Crippen LogP contribution in [-0.4, -0.2) is 36.2 Å². The lowest BCUT2D eigenvalue weighted by Gasteiger charge is -2.38. The van der Waals surface area contributed by atoms with Gasteiger partial charge < -0.3 is 15.4 Å². The van der Waals surface area contributed by atoms with Crippen LogP contribution in [0.15, 0.2) is 23.7 Å². The van der Waals surface area contributed by atoms with Crippen LogP contribution in [-0.2, 0) is 9.53 Å². The summed E-state index contributed by atoms with van der Waals surface area (Å²) in [5, 5.41) is 5.97. The van der Waals surface area contributed by atoms with Gasteiger partial charge in [-0.15, -0.1) is 11.3 Å². The fourth-order valence-corrected chi connectivity index (χ4v) is 2.67. The van der Waals surface area contributed by atoms with Crippen LogP contribution in [0.2, 0.25) is 0 Å². The average molecular weight is 277 g/mol. The molecule has 1 fully saturated rings. The van der Waals surface area contributed by atoms with Gasteiger partial charge in [0.2, 0.25) is 5.91 Å². The minimum Gasteiger partial charge on any atom is -0.363 e. The zero-order valence-electron chi connectivity index (χ0n) is 10.6. The number of anilines is 1. The second-order valence-electron chi connectivity index (χ2n) is 4.93. The van der Waals surface area contributed by atoms with E-state index >= 15 is 0 Å². The first-order valence-electron chi connectivity index (χ1n) is 6.12. The van der Waals surface area contributed by atoms with Crippen molar-refractivity contribution in [3.8, 4) is 0 Å². The fraction of sp³-hybridized carbons (Fsp3) is 0.385. The summed E-state index contributed by atoms with van der Waals surface area (Å²) in [5.74, 6) is -0.128. The van der Waals surface area contributed by atoms with E-state index in [1.54, 1.807) is 16.8 Å². The topological polar surface area (TPSA) is 63.2 Å². The molecule has 1 aliphatic rings. The number of hydrogen-bond donors (Lipinski definition) is 2. The van der Waals surface area contributed by atoms with Crippen LogP contribution in [0.5, 0.6) is 0 Å². The van der Waals surface area contributed by atoms with Crippen molar-refractivity contribution >= 4 is 33.1 Å². The molecule has 1 saturated heterocycles. The Morgan fingerprint density at radius 3 is 3.16 bits per heavy atom. The molecule has 6 heteroatoms. The molecule has 0 bridgehead atoms. The Labute approximate surface area is 115 Å². The Morgan fingerprint density at radius 1 is 1.58 bits per heavy atom. The Bertz CT molecular complexity index is 607. The van der Waals surface area contributed by atoms with Crippen LogP contribution >= 0.6 is 11.3 Å². The number of carbonyl (C=O) groups is 1. The van der Waals surface area contributed by atoms with Crippen LogP contribution in [0.25, 0.3) is 10.2 Å². The minimum absolute atomic E-state index is 0.0822. The lowest BCUT2D eigenvalue weighted by atomic mass is 10.0. The summed E-state index contributed by atoms with van der Waals surface area (Å²) in [7, 11) is 0. The third-order valence-electron chi connectivity index (χ3n) is 3.16.